The predicted molar refractivity (Wildman–Crippen MR) is 70.3 cm³/mol. The van der Waals surface area contributed by atoms with E-state index in [2.05, 4.69) is 29.0 Å². The molecule has 0 saturated carbocycles. The van der Waals surface area contributed by atoms with Crippen molar-refractivity contribution in [1.29, 1.82) is 0 Å². The van der Waals surface area contributed by atoms with Gasteiger partial charge in [0.2, 0.25) is 0 Å². The van der Waals surface area contributed by atoms with E-state index in [1.54, 1.807) is 6.92 Å². The number of rotatable bonds is 6. The van der Waals surface area contributed by atoms with Crippen molar-refractivity contribution in [3.05, 3.63) is 17.0 Å². The van der Waals surface area contributed by atoms with E-state index in [1.165, 1.54) is 18.4 Å². The standard InChI is InChI=1S/C13H23N3O2/c1-6-7-16-11(4)12(9(2)15-16)8-14-10(3)13(17)18-5/h10,14H,6-8H2,1-5H3/t10-/m1/s1. The molecule has 0 aliphatic carbocycles. The zero-order valence-electron chi connectivity index (χ0n) is 11.9. The van der Waals surface area contributed by atoms with E-state index in [0.717, 1.165) is 18.7 Å². The number of esters is 1. The third-order valence-corrected chi connectivity index (χ3v) is 3.11. The highest BCUT2D eigenvalue weighted by Crippen LogP contribution is 2.13. The van der Waals surface area contributed by atoms with Gasteiger partial charge in [0, 0.05) is 24.3 Å². The third kappa shape index (κ3) is 3.32. The molecular formula is C13H23N3O2. The molecule has 0 aliphatic rings. The SMILES string of the molecule is CCCn1nc(C)c(CN[C@H](C)C(=O)OC)c1C. The fourth-order valence-corrected chi connectivity index (χ4v) is 1.93. The highest BCUT2D eigenvalue weighted by atomic mass is 16.5. The number of hydrogen-bond donors (Lipinski definition) is 1. The number of aryl methyl sites for hydroxylation is 2. The molecule has 1 rings (SSSR count). The number of hydrogen-bond acceptors (Lipinski definition) is 4. The molecule has 0 spiro atoms. The van der Waals surface area contributed by atoms with E-state index < -0.39 is 0 Å². The summed E-state index contributed by atoms with van der Waals surface area (Å²) in [6.45, 7) is 9.56. The van der Waals surface area contributed by atoms with Crippen LogP contribution >= 0.6 is 0 Å². The quantitative estimate of drug-likeness (QED) is 0.782. The van der Waals surface area contributed by atoms with Crippen LogP contribution in [0.25, 0.3) is 0 Å². The fourth-order valence-electron chi connectivity index (χ4n) is 1.93. The summed E-state index contributed by atoms with van der Waals surface area (Å²) in [4.78, 5) is 11.3. The second-order valence-electron chi connectivity index (χ2n) is 4.50. The monoisotopic (exact) mass is 253 g/mol. The first kappa shape index (κ1) is 14.7. The van der Waals surface area contributed by atoms with Gasteiger partial charge in [0.1, 0.15) is 6.04 Å². The Balaban J connectivity index is 2.70. The summed E-state index contributed by atoms with van der Waals surface area (Å²) in [5.41, 5.74) is 3.35. The van der Waals surface area contributed by atoms with Crippen LogP contribution in [0.3, 0.4) is 0 Å². The average molecular weight is 253 g/mol. The van der Waals surface area contributed by atoms with Crippen molar-refractivity contribution in [3.8, 4) is 0 Å². The lowest BCUT2D eigenvalue weighted by molar-refractivity contribution is -0.142. The fraction of sp³-hybridized carbons (Fsp3) is 0.692. The summed E-state index contributed by atoms with van der Waals surface area (Å²) < 4.78 is 6.71. The first-order valence-corrected chi connectivity index (χ1v) is 6.35. The highest BCUT2D eigenvalue weighted by Gasteiger charge is 2.15. The first-order valence-electron chi connectivity index (χ1n) is 6.35. The molecule has 0 saturated heterocycles. The van der Waals surface area contributed by atoms with Crippen LogP contribution in [0.4, 0.5) is 0 Å². The predicted octanol–water partition coefficient (Wildman–Crippen LogP) is 1.56. The largest absolute Gasteiger partial charge is 0.468 e. The van der Waals surface area contributed by atoms with Crippen LogP contribution in [-0.4, -0.2) is 28.9 Å². The number of aromatic nitrogens is 2. The number of methoxy groups -OCH3 is 1. The third-order valence-electron chi connectivity index (χ3n) is 3.11. The minimum absolute atomic E-state index is 0.244. The summed E-state index contributed by atoms with van der Waals surface area (Å²) in [7, 11) is 1.40. The molecule has 18 heavy (non-hydrogen) atoms. The van der Waals surface area contributed by atoms with E-state index in [4.69, 9.17) is 0 Å². The van der Waals surface area contributed by atoms with Gasteiger partial charge in [0.15, 0.2) is 0 Å². The molecule has 1 heterocycles. The molecule has 0 bridgehead atoms. The lowest BCUT2D eigenvalue weighted by atomic mass is 10.2. The molecule has 102 valence electrons. The van der Waals surface area contributed by atoms with Gasteiger partial charge in [-0.05, 0) is 27.2 Å². The van der Waals surface area contributed by atoms with E-state index in [1.807, 2.05) is 11.6 Å². The summed E-state index contributed by atoms with van der Waals surface area (Å²) in [5, 5.41) is 7.66. The summed E-state index contributed by atoms with van der Waals surface area (Å²) in [6, 6.07) is -0.302. The van der Waals surface area contributed by atoms with Gasteiger partial charge >= 0.3 is 5.97 Å². The molecule has 1 atom stereocenters. The van der Waals surface area contributed by atoms with Gasteiger partial charge in [0.25, 0.3) is 0 Å². The van der Waals surface area contributed by atoms with Gasteiger partial charge in [0.05, 0.1) is 12.8 Å². The van der Waals surface area contributed by atoms with Crippen molar-refractivity contribution in [3.63, 3.8) is 0 Å². The Morgan fingerprint density at radius 1 is 1.50 bits per heavy atom. The highest BCUT2D eigenvalue weighted by molar-refractivity contribution is 5.75. The minimum atomic E-state index is -0.302. The summed E-state index contributed by atoms with van der Waals surface area (Å²) in [5.74, 6) is -0.244. The number of carbonyl (C=O) groups excluding carboxylic acids is 1. The molecule has 1 N–H and O–H groups in total. The van der Waals surface area contributed by atoms with Gasteiger partial charge in [-0.25, -0.2) is 0 Å². The summed E-state index contributed by atoms with van der Waals surface area (Å²) in [6.07, 6.45) is 1.06. The zero-order valence-corrected chi connectivity index (χ0v) is 11.9. The van der Waals surface area contributed by atoms with Gasteiger partial charge in [-0.2, -0.15) is 5.10 Å². The molecule has 5 heteroatoms. The number of carbonyl (C=O) groups is 1. The van der Waals surface area contributed by atoms with Crippen LogP contribution in [0.5, 0.6) is 0 Å². The Kier molecular flexibility index (Phi) is 5.34. The molecule has 0 unspecified atom stereocenters. The molecule has 0 aliphatic heterocycles. The first-order chi connectivity index (χ1) is 8.51. The normalized spacial score (nSPS) is 12.5. The molecular weight excluding hydrogens is 230 g/mol. The van der Waals surface area contributed by atoms with E-state index in [9.17, 15) is 4.79 Å². The van der Waals surface area contributed by atoms with Gasteiger partial charge in [-0.15, -0.1) is 0 Å². The smallest absolute Gasteiger partial charge is 0.322 e. The van der Waals surface area contributed by atoms with Crippen LogP contribution in [-0.2, 0) is 22.6 Å². The Morgan fingerprint density at radius 3 is 2.72 bits per heavy atom. The number of nitrogens with one attached hydrogen (secondary N) is 1. The average Bonchev–Trinajstić information content (AvgIpc) is 2.61. The molecule has 0 fully saturated rings. The molecule has 0 amide bonds. The lowest BCUT2D eigenvalue weighted by Gasteiger charge is -2.11. The maximum Gasteiger partial charge on any atom is 0.322 e. The summed E-state index contributed by atoms with van der Waals surface area (Å²) >= 11 is 0. The second kappa shape index (κ2) is 6.54. The molecule has 1 aromatic heterocycles. The van der Waals surface area contributed by atoms with Crippen LogP contribution in [0.15, 0.2) is 0 Å². The molecule has 1 aromatic rings. The van der Waals surface area contributed by atoms with Crippen molar-refractivity contribution in [2.45, 2.75) is 53.2 Å². The Hall–Kier alpha value is -1.36. The van der Waals surface area contributed by atoms with Gasteiger partial charge < -0.3 is 10.1 Å². The van der Waals surface area contributed by atoms with Crippen molar-refractivity contribution < 1.29 is 9.53 Å². The molecule has 5 nitrogen and oxygen atoms in total. The Morgan fingerprint density at radius 2 is 2.17 bits per heavy atom. The van der Waals surface area contributed by atoms with Crippen LogP contribution < -0.4 is 5.32 Å². The van der Waals surface area contributed by atoms with E-state index in [0.29, 0.717) is 6.54 Å². The van der Waals surface area contributed by atoms with Gasteiger partial charge in [-0.1, -0.05) is 6.92 Å². The second-order valence-corrected chi connectivity index (χ2v) is 4.50. The Labute approximate surface area is 109 Å². The van der Waals surface area contributed by atoms with Crippen molar-refractivity contribution >= 4 is 5.97 Å². The van der Waals surface area contributed by atoms with Gasteiger partial charge in [-0.3, -0.25) is 9.48 Å². The molecule has 0 aromatic carbocycles. The van der Waals surface area contributed by atoms with Crippen molar-refractivity contribution in [2.75, 3.05) is 7.11 Å². The number of nitrogens with zero attached hydrogens (tertiary/aromatic N) is 2. The van der Waals surface area contributed by atoms with Crippen LogP contribution in [0, 0.1) is 13.8 Å². The maximum absolute atomic E-state index is 11.3. The zero-order chi connectivity index (χ0) is 13.7. The van der Waals surface area contributed by atoms with E-state index in [-0.39, 0.29) is 12.0 Å². The lowest BCUT2D eigenvalue weighted by Crippen LogP contribution is -2.34. The topological polar surface area (TPSA) is 56.2 Å². The van der Waals surface area contributed by atoms with Crippen LogP contribution in [0.1, 0.15) is 37.2 Å². The van der Waals surface area contributed by atoms with Crippen molar-refractivity contribution in [2.24, 2.45) is 0 Å². The van der Waals surface area contributed by atoms with Crippen molar-refractivity contribution in [1.82, 2.24) is 15.1 Å². The van der Waals surface area contributed by atoms with Crippen LogP contribution in [0.2, 0.25) is 0 Å². The maximum atomic E-state index is 11.3. The Bertz CT molecular complexity index is 413. The minimum Gasteiger partial charge on any atom is -0.468 e. The van der Waals surface area contributed by atoms with E-state index >= 15 is 0 Å². The molecule has 0 radical (unpaired) electrons. The number of ether oxygens (including phenoxy) is 1.